The van der Waals surface area contributed by atoms with E-state index >= 15 is 0 Å². The molecule has 1 aromatic rings. The fourth-order valence-corrected chi connectivity index (χ4v) is 1.35. The van der Waals surface area contributed by atoms with Gasteiger partial charge in [0.2, 0.25) is 0 Å². The number of hydrogen-bond donors (Lipinski definition) is 1. The first-order chi connectivity index (χ1) is 7.15. The first kappa shape index (κ1) is 12.3. The molecule has 2 N–H and O–H groups in total. The van der Waals surface area contributed by atoms with E-state index in [-0.39, 0.29) is 12.8 Å². The monoisotopic (exact) mass is 229 g/mol. The second kappa shape index (κ2) is 5.95. The van der Waals surface area contributed by atoms with Gasteiger partial charge in [0, 0.05) is 12.6 Å². The molecule has 0 fully saturated rings. The van der Waals surface area contributed by atoms with Gasteiger partial charge in [-0.1, -0.05) is 17.7 Å². The number of ether oxygens (including phenoxy) is 2. The van der Waals surface area contributed by atoms with Gasteiger partial charge in [-0.05, 0) is 31.5 Å². The summed E-state index contributed by atoms with van der Waals surface area (Å²) in [5.41, 5.74) is 6.72. The van der Waals surface area contributed by atoms with E-state index in [0.717, 1.165) is 5.56 Å². The first-order valence-corrected chi connectivity index (χ1v) is 5.28. The van der Waals surface area contributed by atoms with Gasteiger partial charge in [-0.3, -0.25) is 0 Å². The van der Waals surface area contributed by atoms with Gasteiger partial charge in [0.15, 0.2) is 6.79 Å². The molecule has 0 saturated heterocycles. The molecule has 4 heteroatoms. The van der Waals surface area contributed by atoms with Crippen LogP contribution in [-0.4, -0.2) is 13.4 Å². The zero-order valence-electron chi connectivity index (χ0n) is 9.00. The highest BCUT2D eigenvalue weighted by Gasteiger charge is 2.05. The normalized spacial score (nSPS) is 12.5. The third-order valence-electron chi connectivity index (χ3n) is 1.98. The molecule has 0 bridgehead atoms. The van der Waals surface area contributed by atoms with Crippen molar-refractivity contribution >= 4 is 11.6 Å². The number of nitrogens with two attached hydrogens (primary N) is 1. The zero-order chi connectivity index (χ0) is 11.3. The fourth-order valence-electron chi connectivity index (χ4n) is 1.11. The summed E-state index contributed by atoms with van der Waals surface area (Å²) in [5.74, 6) is 0.620. The van der Waals surface area contributed by atoms with E-state index in [2.05, 4.69) is 0 Å². The quantitative estimate of drug-likeness (QED) is 0.624. The molecule has 0 radical (unpaired) electrons. The number of halogens is 1. The van der Waals surface area contributed by atoms with Gasteiger partial charge >= 0.3 is 0 Å². The number of benzene rings is 1. The van der Waals surface area contributed by atoms with Crippen molar-refractivity contribution in [2.75, 3.05) is 13.4 Å². The third-order valence-corrected chi connectivity index (χ3v) is 2.28. The van der Waals surface area contributed by atoms with E-state index < -0.39 is 0 Å². The molecule has 1 rings (SSSR count). The Bertz CT molecular complexity index is 315. The van der Waals surface area contributed by atoms with Crippen LogP contribution < -0.4 is 10.5 Å². The van der Waals surface area contributed by atoms with Gasteiger partial charge in [-0.15, -0.1) is 0 Å². The van der Waals surface area contributed by atoms with E-state index in [1.807, 2.05) is 26.0 Å². The maximum atomic E-state index is 6.02. The molecule has 15 heavy (non-hydrogen) atoms. The Kier molecular flexibility index (Phi) is 4.88. The third kappa shape index (κ3) is 3.70. The van der Waals surface area contributed by atoms with Gasteiger partial charge in [-0.2, -0.15) is 0 Å². The van der Waals surface area contributed by atoms with E-state index in [9.17, 15) is 0 Å². The highest BCUT2D eigenvalue weighted by Crippen LogP contribution is 2.27. The molecule has 0 spiro atoms. The van der Waals surface area contributed by atoms with Crippen LogP contribution in [-0.2, 0) is 4.74 Å². The lowest BCUT2D eigenvalue weighted by Gasteiger charge is -2.10. The fraction of sp³-hybridized carbons (Fsp3) is 0.455. The minimum absolute atomic E-state index is 0.0246. The molecule has 0 heterocycles. The number of hydrogen-bond acceptors (Lipinski definition) is 3. The summed E-state index contributed by atoms with van der Waals surface area (Å²) >= 11 is 6.02. The van der Waals surface area contributed by atoms with Crippen molar-refractivity contribution in [2.45, 2.75) is 19.9 Å². The summed E-state index contributed by atoms with van der Waals surface area (Å²) in [6.45, 7) is 4.65. The van der Waals surface area contributed by atoms with Crippen molar-refractivity contribution in [1.29, 1.82) is 0 Å². The highest BCUT2D eigenvalue weighted by atomic mass is 35.5. The first-order valence-electron chi connectivity index (χ1n) is 4.90. The molecule has 0 unspecified atom stereocenters. The van der Waals surface area contributed by atoms with Crippen molar-refractivity contribution in [3.8, 4) is 5.75 Å². The van der Waals surface area contributed by atoms with Crippen molar-refractivity contribution in [3.63, 3.8) is 0 Å². The molecule has 0 amide bonds. The average Bonchev–Trinajstić information content (AvgIpc) is 2.20. The van der Waals surface area contributed by atoms with Crippen molar-refractivity contribution < 1.29 is 9.47 Å². The van der Waals surface area contributed by atoms with Crippen LogP contribution >= 0.6 is 11.6 Å². The summed E-state index contributed by atoms with van der Waals surface area (Å²) in [6.07, 6.45) is 0. The molecule has 3 nitrogen and oxygen atoms in total. The molecule has 0 saturated carbocycles. The Balaban J connectivity index is 2.66. The number of rotatable bonds is 5. The second-order valence-electron chi connectivity index (χ2n) is 3.23. The summed E-state index contributed by atoms with van der Waals surface area (Å²) in [4.78, 5) is 0. The lowest BCUT2D eigenvalue weighted by atomic mass is 10.1. The van der Waals surface area contributed by atoms with Gasteiger partial charge in [-0.25, -0.2) is 0 Å². The summed E-state index contributed by atoms with van der Waals surface area (Å²) in [7, 11) is 0. The Morgan fingerprint density at radius 1 is 1.47 bits per heavy atom. The Labute approximate surface area is 95.1 Å². The Hall–Kier alpha value is -0.770. The topological polar surface area (TPSA) is 44.5 Å². The molecular formula is C11H16ClNO2. The van der Waals surface area contributed by atoms with E-state index in [0.29, 0.717) is 17.4 Å². The van der Waals surface area contributed by atoms with Crippen LogP contribution in [0.25, 0.3) is 0 Å². The summed E-state index contributed by atoms with van der Waals surface area (Å²) in [6, 6.07) is 5.49. The average molecular weight is 230 g/mol. The molecule has 1 atom stereocenters. The van der Waals surface area contributed by atoms with E-state index in [4.69, 9.17) is 26.8 Å². The van der Waals surface area contributed by atoms with Gasteiger partial charge in [0.1, 0.15) is 5.75 Å². The molecule has 84 valence electrons. The maximum Gasteiger partial charge on any atom is 0.189 e. The summed E-state index contributed by atoms with van der Waals surface area (Å²) < 4.78 is 10.4. The second-order valence-corrected chi connectivity index (χ2v) is 3.64. The van der Waals surface area contributed by atoms with E-state index in [1.54, 1.807) is 6.07 Å². The molecule has 0 aliphatic heterocycles. The summed E-state index contributed by atoms with van der Waals surface area (Å²) in [5, 5.41) is 0.560. The predicted octanol–water partition coefficient (Wildman–Crippen LogP) is 2.73. The Morgan fingerprint density at radius 3 is 2.73 bits per heavy atom. The lowest BCUT2D eigenvalue weighted by molar-refractivity contribution is 0.0224. The molecule has 1 aromatic carbocycles. The largest absolute Gasteiger partial charge is 0.466 e. The van der Waals surface area contributed by atoms with Gasteiger partial charge in [0.25, 0.3) is 0 Å². The minimum atomic E-state index is -0.0246. The van der Waals surface area contributed by atoms with Crippen LogP contribution in [0.4, 0.5) is 0 Å². The predicted molar refractivity (Wildman–Crippen MR) is 61.2 cm³/mol. The molecule has 0 aromatic heterocycles. The van der Waals surface area contributed by atoms with Crippen molar-refractivity contribution in [1.82, 2.24) is 0 Å². The van der Waals surface area contributed by atoms with Gasteiger partial charge < -0.3 is 15.2 Å². The zero-order valence-corrected chi connectivity index (χ0v) is 9.75. The molecule has 0 aliphatic rings. The highest BCUT2D eigenvalue weighted by molar-refractivity contribution is 6.32. The van der Waals surface area contributed by atoms with Gasteiger partial charge in [0.05, 0.1) is 5.02 Å². The smallest absolute Gasteiger partial charge is 0.189 e. The standard InChI is InChI=1S/C11H16ClNO2/c1-3-14-7-15-11-5-4-9(8(2)13)6-10(11)12/h4-6,8H,3,7,13H2,1-2H3/t8-/m0/s1. The lowest BCUT2D eigenvalue weighted by Crippen LogP contribution is -2.06. The maximum absolute atomic E-state index is 6.02. The van der Waals surface area contributed by atoms with Crippen LogP contribution in [0.1, 0.15) is 25.5 Å². The molecule has 0 aliphatic carbocycles. The van der Waals surface area contributed by atoms with Crippen molar-refractivity contribution in [2.24, 2.45) is 5.73 Å². The molecular weight excluding hydrogens is 214 g/mol. The Morgan fingerprint density at radius 2 is 2.20 bits per heavy atom. The van der Waals surface area contributed by atoms with Crippen LogP contribution in [0.5, 0.6) is 5.75 Å². The van der Waals surface area contributed by atoms with Crippen LogP contribution in [0, 0.1) is 0 Å². The minimum Gasteiger partial charge on any atom is -0.466 e. The van der Waals surface area contributed by atoms with Crippen molar-refractivity contribution in [3.05, 3.63) is 28.8 Å². The van der Waals surface area contributed by atoms with E-state index in [1.165, 1.54) is 0 Å². The van der Waals surface area contributed by atoms with Crippen LogP contribution in [0.15, 0.2) is 18.2 Å². The van der Waals surface area contributed by atoms with Crippen LogP contribution in [0.2, 0.25) is 5.02 Å². The SMILES string of the molecule is CCOCOc1ccc([C@H](C)N)cc1Cl. The van der Waals surface area contributed by atoms with Crippen LogP contribution in [0.3, 0.4) is 0 Å².